The number of sulfonamides is 1. The number of pyridine rings is 1. The molecule has 0 bridgehead atoms. The standard InChI is InChI=1S/C39H55N5O8S/c1-26(2)44(20-7-6-18-41-38(49)43-34(25-46)27(3)35(47)15-21-45)53(50,51)30-12-13-36(48)28(22-30)23-42-39(16-17-39)33-24-40-19-14-31(33)32-8-4-5-9-37(32)52-29-10-11-29/h4-5,8-9,12-14,19,22,24,26-27,29,34-35,42,45-48H,6-7,10-11,15-18,20-21,23,25H2,1-3H3,(H2,41,43,49)/t27?,34-,35?/m0/s1. The zero-order valence-electron chi connectivity index (χ0n) is 30.9. The third-order valence-electron chi connectivity index (χ3n) is 10.2. The predicted octanol–water partition coefficient (Wildman–Crippen LogP) is 3.99. The molecule has 5 rings (SSSR count). The van der Waals surface area contributed by atoms with E-state index in [1.165, 1.54) is 22.5 Å². The number of hydrogen-bond donors (Lipinski definition) is 7. The molecule has 2 saturated carbocycles. The molecule has 13 nitrogen and oxygen atoms in total. The number of aliphatic hydroxyl groups excluding tert-OH is 3. The average Bonchev–Trinajstić information content (AvgIpc) is 4.09. The first kappa shape index (κ1) is 40.4. The summed E-state index contributed by atoms with van der Waals surface area (Å²) in [6.07, 6.45) is 7.99. The highest BCUT2D eigenvalue weighted by Gasteiger charge is 2.46. The van der Waals surface area contributed by atoms with Crippen molar-refractivity contribution in [2.75, 3.05) is 26.3 Å². The molecule has 2 unspecified atom stereocenters. The third kappa shape index (κ3) is 10.3. The molecule has 0 radical (unpaired) electrons. The first-order valence-corrected chi connectivity index (χ1v) is 20.1. The summed E-state index contributed by atoms with van der Waals surface area (Å²) in [5, 5.41) is 48.7. The van der Waals surface area contributed by atoms with E-state index in [1.807, 2.05) is 44.3 Å². The fourth-order valence-corrected chi connectivity index (χ4v) is 8.30. The number of phenolic OH excluding ortho intramolecular Hbond substituents is 1. The van der Waals surface area contributed by atoms with E-state index in [9.17, 15) is 28.5 Å². The number of benzene rings is 2. The van der Waals surface area contributed by atoms with Gasteiger partial charge in [-0.1, -0.05) is 25.1 Å². The van der Waals surface area contributed by atoms with Gasteiger partial charge in [-0.05, 0) is 100 Å². The number of rotatable bonds is 21. The number of urea groups is 1. The summed E-state index contributed by atoms with van der Waals surface area (Å²) in [5.41, 5.74) is 3.16. The molecule has 3 atom stereocenters. The van der Waals surface area contributed by atoms with Crippen molar-refractivity contribution in [2.24, 2.45) is 5.92 Å². The molecule has 2 aromatic carbocycles. The molecule has 14 heteroatoms. The molecule has 1 heterocycles. The van der Waals surface area contributed by atoms with E-state index in [0.29, 0.717) is 18.4 Å². The third-order valence-corrected chi connectivity index (χ3v) is 12.3. The topological polar surface area (TPSA) is 194 Å². The van der Waals surface area contributed by atoms with Gasteiger partial charge in [-0.25, -0.2) is 13.2 Å². The first-order valence-electron chi connectivity index (χ1n) is 18.6. The molecule has 2 aliphatic rings. The summed E-state index contributed by atoms with van der Waals surface area (Å²) in [5.74, 6) is 0.379. The maximum atomic E-state index is 13.9. The van der Waals surface area contributed by atoms with Gasteiger partial charge in [0.2, 0.25) is 10.0 Å². The van der Waals surface area contributed by atoms with Gasteiger partial charge in [0.25, 0.3) is 0 Å². The molecular formula is C39H55N5O8S. The Morgan fingerprint density at radius 2 is 1.81 bits per heavy atom. The number of carbonyl (C=O) groups excluding carboxylic acids is 1. The van der Waals surface area contributed by atoms with Gasteiger partial charge < -0.3 is 41.1 Å². The van der Waals surface area contributed by atoms with Crippen LogP contribution < -0.4 is 20.7 Å². The van der Waals surface area contributed by atoms with Crippen LogP contribution in [0.4, 0.5) is 4.79 Å². The lowest BCUT2D eigenvalue weighted by atomic mass is 9.94. The SMILES string of the molecule is CC(C(O)CCO)[C@H](CO)NC(=O)NCCCCN(C(C)C)S(=O)(=O)c1ccc(O)c(CNC2(c3cnccc3-c3ccccc3OC3CC3)CC2)c1. The Bertz CT molecular complexity index is 1780. The Balaban J connectivity index is 1.20. The Hall–Kier alpha value is -3.79. The van der Waals surface area contributed by atoms with Crippen LogP contribution in [0.2, 0.25) is 0 Å². The quantitative estimate of drug-likeness (QED) is 0.0783. The summed E-state index contributed by atoms with van der Waals surface area (Å²) in [6, 6.07) is 12.9. The van der Waals surface area contributed by atoms with Gasteiger partial charge in [-0.3, -0.25) is 4.98 Å². The maximum absolute atomic E-state index is 13.9. The number of hydrogen-bond acceptors (Lipinski definition) is 10. The summed E-state index contributed by atoms with van der Waals surface area (Å²) >= 11 is 0. The molecule has 0 saturated heterocycles. The molecule has 0 spiro atoms. The van der Waals surface area contributed by atoms with Crippen LogP contribution in [0.15, 0.2) is 65.8 Å². The molecule has 0 aliphatic heterocycles. The van der Waals surface area contributed by atoms with Gasteiger partial charge in [0.05, 0.1) is 29.8 Å². The number of nitrogens with one attached hydrogen (secondary N) is 3. The van der Waals surface area contributed by atoms with Gasteiger partial charge in [-0.2, -0.15) is 4.31 Å². The van der Waals surface area contributed by atoms with Crippen molar-refractivity contribution in [1.29, 1.82) is 0 Å². The van der Waals surface area contributed by atoms with Crippen molar-refractivity contribution in [3.8, 4) is 22.6 Å². The normalized spacial score (nSPS) is 17.0. The Labute approximate surface area is 312 Å². The van der Waals surface area contributed by atoms with Crippen LogP contribution >= 0.6 is 0 Å². The number of nitrogens with zero attached hydrogens (tertiary/aromatic N) is 2. The van der Waals surface area contributed by atoms with E-state index in [1.54, 1.807) is 13.1 Å². The minimum atomic E-state index is -3.93. The number of amides is 2. The Morgan fingerprint density at radius 3 is 2.49 bits per heavy atom. The monoisotopic (exact) mass is 753 g/mol. The lowest BCUT2D eigenvalue weighted by molar-refractivity contribution is 0.0560. The summed E-state index contributed by atoms with van der Waals surface area (Å²) in [4.78, 5) is 17.0. The Morgan fingerprint density at radius 1 is 1.06 bits per heavy atom. The predicted molar refractivity (Wildman–Crippen MR) is 202 cm³/mol. The number of para-hydroxylation sites is 1. The molecule has 53 heavy (non-hydrogen) atoms. The van der Waals surface area contributed by atoms with Crippen molar-refractivity contribution in [3.63, 3.8) is 0 Å². The van der Waals surface area contributed by atoms with Crippen molar-refractivity contribution >= 4 is 16.1 Å². The largest absolute Gasteiger partial charge is 0.508 e. The number of aromatic nitrogens is 1. The number of unbranched alkanes of at least 4 members (excludes halogenated alkanes) is 1. The van der Waals surface area contributed by atoms with Gasteiger partial charge in [0, 0.05) is 67.3 Å². The highest BCUT2D eigenvalue weighted by atomic mass is 32.2. The molecule has 2 fully saturated rings. The second-order valence-corrected chi connectivity index (χ2v) is 16.4. The van der Waals surface area contributed by atoms with Gasteiger partial charge in [-0.15, -0.1) is 0 Å². The Kier molecular flexibility index (Phi) is 13.7. The van der Waals surface area contributed by atoms with E-state index >= 15 is 0 Å². The van der Waals surface area contributed by atoms with Crippen LogP contribution in [0.3, 0.4) is 0 Å². The number of aromatic hydroxyl groups is 1. The lowest BCUT2D eigenvalue weighted by Crippen LogP contribution is -2.49. The summed E-state index contributed by atoms with van der Waals surface area (Å²) in [7, 11) is -3.93. The van der Waals surface area contributed by atoms with Crippen LogP contribution in [-0.4, -0.2) is 94.8 Å². The van der Waals surface area contributed by atoms with Crippen molar-refractivity contribution in [3.05, 3.63) is 72.1 Å². The lowest BCUT2D eigenvalue weighted by Gasteiger charge is -2.27. The maximum Gasteiger partial charge on any atom is 0.315 e. The van der Waals surface area contributed by atoms with Crippen LogP contribution in [0.25, 0.3) is 11.1 Å². The second-order valence-electron chi connectivity index (χ2n) is 14.5. The average molecular weight is 754 g/mol. The van der Waals surface area contributed by atoms with Crippen LogP contribution in [0, 0.1) is 5.92 Å². The molecule has 2 aliphatic carbocycles. The number of phenols is 1. The van der Waals surface area contributed by atoms with Crippen LogP contribution in [-0.2, 0) is 22.1 Å². The van der Waals surface area contributed by atoms with Crippen LogP contribution in [0.1, 0.15) is 76.8 Å². The summed E-state index contributed by atoms with van der Waals surface area (Å²) in [6.45, 7) is 5.47. The highest BCUT2D eigenvalue weighted by Crippen LogP contribution is 2.50. The first-order chi connectivity index (χ1) is 25.4. The van der Waals surface area contributed by atoms with E-state index in [0.717, 1.165) is 48.1 Å². The van der Waals surface area contributed by atoms with Crippen molar-refractivity contribution in [2.45, 2.75) is 107 Å². The molecular weight excluding hydrogens is 699 g/mol. The van der Waals surface area contributed by atoms with E-state index in [4.69, 9.17) is 9.84 Å². The van der Waals surface area contributed by atoms with Crippen molar-refractivity contribution < 1.29 is 38.4 Å². The van der Waals surface area contributed by atoms with Gasteiger partial charge in [0.15, 0.2) is 0 Å². The minimum absolute atomic E-state index is 0.00280. The molecule has 3 aromatic rings. The molecule has 1 aromatic heterocycles. The molecule has 290 valence electrons. The molecule has 7 N–H and O–H groups in total. The number of carbonyl (C=O) groups is 1. The zero-order valence-corrected chi connectivity index (χ0v) is 31.7. The fraction of sp³-hybridized carbons (Fsp3) is 0.538. The van der Waals surface area contributed by atoms with Gasteiger partial charge >= 0.3 is 6.03 Å². The minimum Gasteiger partial charge on any atom is -0.508 e. The highest BCUT2D eigenvalue weighted by molar-refractivity contribution is 7.89. The second kappa shape index (κ2) is 18.0. The smallest absolute Gasteiger partial charge is 0.315 e. The van der Waals surface area contributed by atoms with Crippen LogP contribution in [0.5, 0.6) is 11.5 Å². The fourth-order valence-electron chi connectivity index (χ4n) is 6.57. The number of ether oxygens (including phenoxy) is 1. The van der Waals surface area contributed by atoms with Crippen molar-refractivity contribution in [1.82, 2.24) is 25.2 Å². The van der Waals surface area contributed by atoms with E-state index in [2.05, 4.69) is 27.0 Å². The zero-order chi connectivity index (χ0) is 38.2. The van der Waals surface area contributed by atoms with E-state index in [-0.39, 0.29) is 67.6 Å². The summed E-state index contributed by atoms with van der Waals surface area (Å²) < 4.78 is 35.5. The van der Waals surface area contributed by atoms with E-state index < -0.39 is 34.1 Å². The van der Waals surface area contributed by atoms with Gasteiger partial charge in [0.1, 0.15) is 11.5 Å². The molecule has 2 amide bonds. The number of aliphatic hydroxyl groups is 3.